The molecule has 0 aliphatic carbocycles. The number of hydrogen-bond acceptors (Lipinski definition) is 3. The van der Waals surface area contributed by atoms with E-state index in [1.54, 1.807) is 7.11 Å². The highest BCUT2D eigenvalue weighted by atomic mass is 28.4. The van der Waals surface area contributed by atoms with Gasteiger partial charge in [0.05, 0.1) is 6.61 Å². The molecule has 0 N–H and O–H groups in total. The summed E-state index contributed by atoms with van der Waals surface area (Å²) in [7, 11) is -0.432. The van der Waals surface area contributed by atoms with E-state index in [4.69, 9.17) is 8.85 Å². The summed E-state index contributed by atoms with van der Waals surface area (Å²) in [4.78, 5) is 10.9. The molecule has 0 bridgehead atoms. The molecule has 76 valence electrons. The molecule has 0 fully saturated rings. The van der Waals surface area contributed by atoms with E-state index in [2.05, 4.69) is 13.5 Å². The second-order valence-electron chi connectivity index (χ2n) is 3.05. The fourth-order valence-corrected chi connectivity index (χ4v) is 2.79. The van der Waals surface area contributed by atoms with Crippen molar-refractivity contribution in [2.75, 3.05) is 13.7 Å². The lowest BCUT2D eigenvalue weighted by Gasteiger charge is -2.23. The maximum atomic E-state index is 10.9. The zero-order valence-electron chi connectivity index (χ0n) is 8.63. The Morgan fingerprint density at radius 1 is 1.62 bits per heavy atom. The monoisotopic (exact) mass is 202 g/mol. The van der Waals surface area contributed by atoms with E-state index in [0.29, 0.717) is 0 Å². The molecule has 0 aromatic rings. The summed E-state index contributed by atoms with van der Waals surface area (Å²) in [5.41, 5.74) is 0. The first-order valence-corrected chi connectivity index (χ1v) is 6.94. The molecule has 0 spiro atoms. The van der Waals surface area contributed by atoms with Gasteiger partial charge in [0.2, 0.25) is 0 Å². The number of carbonyl (C=O) groups excluding carboxylic acids is 1. The first-order chi connectivity index (χ1) is 6.08. The number of rotatable bonds is 7. The molecule has 0 rings (SSSR count). The van der Waals surface area contributed by atoms with Crippen LogP contribution in [0.3, 0.4) is 0 Å². The van der Waals surface area contributed by atoms with E-state index < -0.39 is 8.56 Å². The molecule has 0 saturated carbocycles. The molecule has 0 amide bonds. The predicted octanol–water partition coefficient (Wildman–Crippen LogP) is 1.89. The molecule has 1 unspecified atom stereocenters. The number of hydrogen-bond donors (Lipinski definition) is 0. The van der Waals surface area contributed by atoms with Crippen molar-refractivity contribution >= 4 is 14.3 Å². The zero-order chi connectivity index (χ0) is 10.3. The second kappa shape index (κ2) is 6.07. The topological polar surface area (TPSA) is 35.5 Å². The average Bonchev–Trinajstić information content (AvgIpc) is 2.15. The molecule has 13 heavy (non-hydrogen) atoms. The van der Waals surface area contributed by atoms with Crippen molar-refractivity contribution < 1.29 is 13.6 Å². The van der Waals surface area contributed by atoms with Crippen molar-refractivity contribution in [2.45, 2.75) is 25.9 Å². The van der Waals surface area contributed by atoms with E-state index >= 15 is 0 Å². The Morgan fingerprint density at radius 3 is 2.62 bits per heavy atom. The predicted molar refractivity (Wildman–Crippen MR) is 54.9 cm³/mol. The van der Waals surface area contributed by atoms with Crippen LogP contribution >= 0.6 is 0 Å². The largest absolute Gasteiger partial charge is 0.398 e. The van der Waals surface area contributed by atoms with Crippen LogP contribution in [0.15, 0.2) is 12.7 Å². The van der Waals surface area contributed by atoms with Gasteiger partial charge in [0.25, 0.3) is 0 Å². The van der Waals surface area contributed by atoms with E-state index in [1.165, 1.54) is 6.08 Å². The smallest absolute Gasteiger partial charge is 0.335 e. The minimum Gasteiger partial charge on any atom is -0.398 e. The van der Waals surface area contributed by atoms with Crippen LogP contribution in [0.1, 0.15) is 13.3 Å². The molecular weight excluding hydrogens is 184 g/mol. The van der Waals surface area contributed by atoms with Gasteiger partial charge in [-0.1, -0.05) is 19.9 Å². The number of ketones is 1. The van der Waals surface area contributed by atoms with Gasteiger partial charge in [0, 0.05) is 7.11 Å². The molecule has 0 heterocycles. The fraction of sp³-hybridized carbons (Fsp3) is 0.667. The summed E-state index contributed by atoms with van der Waals surface area (Å²) in [5, 5.41) is 0. The molecule has 3 nitrogen and oxygen atoms in total. The van der Waals surface area contributed by atoms with Crippen molar-refractivity contribution in [2.24, 2.45) is 0 Å². The minimum absolute atomic E-state index is 0.0909. The quantitative estimate of drug-likeness (QED) is 0.467. The molecule has 0 aromatic heterocycles. The van der Waals surface area contributed by atoms with Gasteiger partial charge in [-0.2, -0.15) is 0 Å². The number of carbonyl (C=O) groups is 1. The second-order valence-corrected chi connectivity index (χ2v) is 6.51. The van der Waals surface area contributed by atoms with Gasteiger partial charge < -0.3 is 8.85 Å². The van der Waals surface area contributed by atoms with E-state index in [0.717, 1.165) is 12.5 Å². The maximum absolute atomic E-state index is 10.9. The Hall–Kier alpha value is -0.453. The maximum Gasteiger partial charge on any atom is 0.335 e. The molecule has 0 aromatic carbocycles. The van der Waals surface area contributed by atoms with Crippen LogP contribution in [-0.2, 0) is 13.6 Å². The Morgan fingerprint density at radius 2 is 2.23 bits per heavy atom. The third-order valence-corrected chi connectivity index (χ3v) is 4.91. The van der Waals surface area contributed by atoms with Gasteiger partial charge in [0.15, 0.2) is 5.78 Å². The van der Waals surface area contributed by atoms with Gasteiger partial charge in [0.1, 0.15) is 0 Å². The highest BCUT2D eigenvalue weighted by Crippen LogP contribution is 2.14. The standard InChI is InChI=1S/C9H18O3Si/c1-5-7-13(4,11-3)12-8-9(10)6-2/h6H,2,5,7-8H2,1,3-4H3. The van der Waals surface area contributed by atoms with Crippen molar-refractivity contribution in [1.29, 1.82) is 0 Å². The summed E-state index contributed by atoms with van der Waals surface area (Å²) < 4.78 is 10.8. The van der Waals surface area contributed by atoms with Crippen molar-refractivity contribution in [3.8, 4) is 0 Å². The van der Waals surface area contributed by atoms with E-state index in [-0.39, 0.29) is 12.4 Å². The first-order valence-electron chi connectivity index (χ1n) is 4.42. The van der Waals surface area contributed by atoms with Crippen molar-refractivity contribution in [3.05, 3.63) is 12.7 Å². The fourth-order valence-electron chi connectivity index (χ4n) is 0.970. The third-order valence-electron chi connectivity index (χ3n) is 1.88. The summed E-state index contributed by atoms with van der Waals surface area (Å²) >= 11 is 0. The molecule has 0 aliphatic heterocycles. The Balaban J connectivity index is 3.96. The van der Waals surface area contributed by atoms with Gasteiger partial charge >= 0.3 is 8.56 Å². The summed E-state index contributed by atoms with van der Waals surface area (Å²) in [5.74, 6) is -0.0909. The molecule has 0 radical (unpaired) electrons. The van der Waals surface area contributed by atoms with Gasteiger partial charge in [-0.25, -0.2) is 0 Å². The summed E-state index contributed by atoms with van der Waals surface area (Å²) in [6.45, 7) is 7.51. The van der Waals surface area contributed by atoms with Crippen LogP contribution in [0.2, 0.25) is 12.6 Å². The minimum atomic E-state index is -2.07. The lowest BCUT2D eigenvalue weighted by atomic mass is 10.4. The average molecular weight is 202 g/mol. The highest BCUT2D eigenvalue weighted by Gasteiger charge is 2.29. The third kappa shape index (κ3) is 4.97. The van der Waals surface area contributed by atoms with Crippen LogP contribution in [0.25, 0.3) is 0 Å². The Kier molecular flexibility index (Phi) is 5.86. The van der Waals surface area contributed by atoms with E-state index in [9.17, 15) is 4.79 Å². The lowest BCUT2D eigenvalue weighted by Crippen LogP contribution is -2.38. The van der Waals surface area contributed by atoms with Crippen LogP contribution in [0.4, 0.5) is 0 Å². The molecule has 0 saturated heterocycles. The zero-order valence-corrected chi connectivity index (χ0v) is 9.63. The van der Waals surface area contributed by atoms with Crippen LogP contribution in [0.5, 0.6) is 0 Å². The SMILES string of the molecule is C=CC(=O)CO[Si](C)(CCC)OC. The lowest BCUT2D eigenvalue weighted by molar-refractivity contribution is -0.117. The van der Waals surface area contributed by atoms with Crippen LogP contribution in [0, 0.1) is 0 Å². The van der Waals surface area contributed by atoms with Gasteiger partial charge in [-0.05, 0) is 18.7 Å². The van der Waals surface area contributed by atoms with Crippen molar-refractivity contribution in [1.82, 2.24) is 0 Å². The Labute approximate surface area is 81.0 Å². The van der Waals surface area contributed by atoms with Gasteiger partial charge in [-0.15, -0.1) is 0 Å². The molecule has 4 heteroatoms. The van der Waals surface area contributed by atoms with Crippen LogP contribution < -0.4 is 0 Å². The molecular formula is C9H18O3Si. The first kappa shape index (κ1) is 12.5. The molecule has 0 aliphatic rings. The normalized spacial score (nSPS) is 15.0. The molecule has 1 atom stereocenters. The Bertz CT molecular complexity index is 182. The summed E-state index contributed by atoms with van der Waals surface area (Å²) in [6, 6.07) is 0.911. The highest BCUT2D eigenvalue weighted by molar-refractivity contribution is 6.66. The van der Waals surface area contributed by atoms with E-state index in [1.807, 2.05) is 6.55 Å². The van der Waals surface area contributed by atoms with Crippen molar-refractivity contribution in [3.63, 3.8) is 0 Å². The van der Waals surface area contributed by atoms with Crippen LogP contribution in [-0.4, -0.2) is 28.1 Å². The van der Waals surface area contributed by atoms with Gasteiger partial charge in [-0.3, -0.25) is 4.79 Å². The summed E-state index contributed by atoms with van der Waals surface area (Å²) in [6.07, 6.45) is 2.29.